The number of hydrogen-bond donors (Lipinski definition) is 0. The summed E-state index contributed by atoms with van der Waals surface area (Å²) >= 11 is 0. The van der Waals surface area contributed by atoms with Crippen molar-refractivity contribution in [1.82, 2.24) is 9.80 Å². The van der Waals surface area contributed by atoms with Crippen LogP contribution < -0.4 is 4.74 Å². The van der Waals surface area contributed by atoms with Gasteiger partial charge < -0.3 is 4.74 Å². The minimum absolute atomic E-state index is 0.206. The summed E-state index contributed by atoms with van der Waals surface area (Å²) in [5.41, 5.74) is 0.845. The van der Waals surface area contributed by atoms with E-state index in [0.717, 1.165) is 25.9 Å². The summed E-state index contributed by atoms with van der Waals surface area (Å²) in [6.07, 6.45) is 3.26. The van der Waals surface area contributed by atoms with Gasteiger partial charge in [-0.2, -0.15) is 0 Å². The van der Waals surface area contributed by atoms with Crippen LogP contribution in [0.15, 0.2) is 18.2 Å². The molecule has 3 rings (SSSR count). The van der Waals surface area contributed by atoms with E-state index in [4.69, 9.17) is 4.74 Å². The van der Waals surface area contributed by atoms with Crippen LogP contribution in [-0.4, -0.2) is 48.0 Å². The lowest BCUT2D eigenvalue weighted by atomic mass is 10.1. The molecule has 1 aromatic carbocycles. The van der Waals surface area contributed by atoms with Crippen molar-refractivity contribution in [2.24, 2.45) is 0 Å². The molecule has 21 heavy (non-hydrogen) atoms. The number of piperidine rings is 1. The Hall–Kier alpha value is -1.88. The number of methoxy groups -OCH3 is 1. The summed E-state index contributed by atoms with van der Waals surface area (Å²) < 4.78 is 5.24. The van der Waals surface area contributed by atoms with E-state index in [1.54, 1.807) is 18.2 Å². The average Bonchev–Trinajstić information content (AvgIpc) is 2.79. The molecule has 2 aliphatic rings. The largest absolute Gasteiger partial charge is 0.496 e. The van der Waals surface area contributed by atoms with Crippen molar-refractivity contribution in [2.45, 2.75) is 32.4 Å². The first-order valence-electron chi connectivity index (χ1n) is 7.44. The molecule has 5 nitrogen and oxygen atoms in total. The molecule has 5 heteroatoms. The van der Waals surface area contributed by atoms with Crippen LogP contribution in [0.4, 0.5) is 0 Å². The third-order valence-corrected chi connectivity index (χ3v) is 4.42. The molecule has 2 amide bonds. The molecule has 1 saturated heterocycles. The van der Waals surface area contributed by atoms with Gasteiger partial charge in [0.1, 0.15) is 5.75 Å². The Kier molecular flexibility index (Phi) is 3.68. The van der Waals surface area contributed by atoms with Crippen molar-refractivity contribution in [2.75, 3.05) is 20.2 Å². The van der Waals surface area contributed by atoms with Gasteiger partial charge in [-0.3, -0.25) is 19.4 Å². The Bertz CT molecular complexity index is 579. The second-order valence-electron chi connectivity index (χ2n) is 5.59. The second kappa shape index (κ2) is 5.48. The Morgan fingerprint density at radius 1 is 1.10 bits per heavy atom. The lowest BCUT2D eigenvalue weighted by molar-refractivity contribution is 0.0305. The summed E-state index contributed by atoms with van der Waals surface area (Å²) in [6.45, 7) is 3.80. The van der Waals surface area contributed by atoms with Crippen LogP contribution in [-0.2, 0) is 0 Å². The summed E-state index contributed by atoms with van der Waals surface area (Å²) in [6, 6.07) is 5.16. The quantitative estimate of drug-likeness (QED) is 0.799. The highest BCUT2D eigenvalue weighted by molar-refractivity contribution is 6.22. The molecule has 0 bridgehead atoms. The van der Waals surface area contributed by atoms with Crippen molar-refractivity contribution < 1.29 is 14.3 Å². The number of likely N-dealkylation sites (tertiary alicyclic amines) is 1. The van der Waals surface area contributed by atoms with E-state index >= 15 is 0 Å². The summed E-state index contributed by atoms with van der Waals surface area (Å²) in [5.74, 6) is 0.0108. The van der Waals surface area contributed by atoms with Crippen LogP contribution in [0, 0.1) is 0 Å². The average molecular weight is 288 g/mol. The maximum absolute atomic E-state index is 12.7. The number of nitrogens with zero attached hydrogens (tertiary/aromatic N) is 2. The number of hydrogen-bond acceptors (Lipinski definition) is 4. The number of fused-ring (bicyclic) bond motifs is 1. The van der Waals surface area contributed by atoms with E-state index in [1.807, 2.05) is 6.92 Å². The van der Waals surface area contributed by atoms with Gasteiger partial charge in [-0.25, -0.2) is 0 Å². The van der Waals surface area contributed by atoms with Crippen LogP contribution in [0.1, 0.15) is 46.9 Å². The van der Waals surface area contributed by atoms with Crippen molar-refractivity contribution >= 4 is 11.8 Å². The van der Waals surface area contributed by atoms with E-state index in [2.05, 4.69) is 4.90 Å². The van der Waals surface area contributed by atoms with Crippen molar-refractivity contribution in [3.8, 4) is 5.75 Å². The lowest BCUT2D eigenvalue weighted by Gasteiger charge is -2.36. The molecule has 1 atom stereocenters. The number of rotatable bonds is 3. The summed E-state index contributed by atoms with van der Waals surface area (Å²) in [4.78, 5) is 28.8. The molecule has 112 valence electrons. The number of ether oxygens (including phenoxy) is 1. The highest BCUT2D eigenvalue weighted by Gasteiger charge is 2.42. The third-order valence-electron chi connectivity index (χ3n) is 4.42. The van der Waals surface area contributed by atoms with Crippen molar-refractivity contribution in [3.05, 3.63) is 29.3 Å². The highest BCUT2D eigenvalue weighted by atomic mass is 16.5. The number of benzene rings is 1. The Morgan fingerprint density at radius 2 is 1.81 bits per heavy atom. The Balaban J connectivity index is 1.92. The van der Waals surface area contributed by atoms with Gasteiger partial charge >= 0.3 is 0 Å². The molecule has 0 spiro atoms. The molecular weight excluding hydrogens is 268 g/mol. The van der Waals surface area contributed by atoms with Crippen LogP contribution in [0.25, 0.3) is 0 Å². The molecule has 1 fully saturated rings. The van der Waals surface area contributed by atoms with Crippen molar-refractivity contribution in [3.63, 3.8) is 0 Å². The van der Waals surface area contributed by atoms with Gasteiger partial charge in [-0.05, 0) is 31.9 Å². The molecule has 1 aromatic rings. The zero-order chi connectivity index (χ0) is 15.0. The monoisotopic (exact) mass is 288 g/mol. The van der Waals surface area contributed by atoms with Gasteiger partial charge in [-0.1, -0.05) is 12.5 Å². The topological polar surface area (TPSA) is 49.9 Å². The first kappa shape index (κ1) is 14.1. The van der Waals surface area contributed by atoms with Crippen molar-refractivity contribution in [1.29, 1.82) is 0 Å². The third kappa shape index (κ3) is 2.21. The number of carbonyl (C=O) groups excluding carboxylic acids is 2. The number of carbonyl (C=O) groups is 2. The predicted octanol–water partition coefficient (Wildman–Crippen LogP) is 2.12. The van der Waals surface area contributed by atoms with E-state index in [-0.39, 0.29) is 18.0 Å². The van der Waals surface area contributed by atoms with Gasteiger partial charge in [-0.15, -0.1) is 0 Å². The maximum Gasteiger partial charge on any atom is 0.266 e. The van der Waals surface area contributed by atoms with E-state index in [1.165, 1.54) is 18.4 Å². The maximum atomic E-state index is 12.7. The minimum atomic E-state index is -0.245. The smallest absolute Gasteiger partial charge is 0.266 e. The lowest BCUT2D eigenvalue weighted by Crippen LogP contribution is -2.50. The highest BCUT2D eigenvalue weighted by Crippen LogP contribution is 2.32. The molecule has 2 aliphatic heterocycles. The zero-order valence-electron chi connectivity index (χ0n) is 12.5. The van der Waals surface area contributed by atoms with E-state index in [0.29, 0.717) is 16.9 Å². The first-order chi connectivity index (χ1) is 10.1. The van der Waals surface area contributed by atoms with Gasteiger partial charge in [0.05, 0.1) is 24.4 Å². The SMILES string of the molecule is COc1cccc2c1C(=O)N(C(C)N1CCCCC1)C2=O. The van der Waals surface area contributed by atoms with Gasteiger partial charge in [0.2, 0.25) is 0 Å². The first-order valence-corrected chi connectivity index (χ1v) is 7.44. The normalized spacial score (nSPS) is 20.6. The second-order valence-corrected chi connectivity index (χ2v) is 5.59. The molecule has 0 radical (unpaired) electrons. The Labute approximate surface area is 124 Å². The number of amides is 2. The molecule has 0 saturated carbocycles. The van der Waals surface area contributed by atoms with Gasteiger partial charge in [0.15, 0.2) is 0 Å². The fourth-order valence-electron chi connectivity index (χ4n) is 3.24. The van der Waals surface area contributed by atoms with Gasteiger partial charge in [0, 0.05) is 13.1 Å². The van der Waals surface area contributed by atoms with Crippen LogP contribution in [0.2, 0.25) is 0 Å². The molecule has 0 N–H and O–H groups in total. The zero-order valence-corrected chi connectivity index (χ0v) is 12.5. The molecule has 0 aromatic heterocycles. The van der Waals surface area contributed by atoms with E-state index in [9.17, 15) is 9.59 Å². The molecule has 2 heterocycles. The number of imide groups is 1. The minimum Gasteiger partial charge on any atom is -0.496 e. The summed E-state index contributed by atoms with van der Waals surface area (Å²) in [7, 11) is 1.52. The standard InChI is InChI=1S/C16H20N2O3/c1-11(17-9-4-3-5-10-17)18-15(19)12-7-6-8-13(21-2)14(12)16(18)20/h6-8,11H,3-5,9-10H2,1-2H3. The predicted molar refractivity (Wildman–Crippen MR) is 78.4 cm³/mol. The van der Waals surface area contributed by atoms with Gasteiger partial charge in [0.25, 0.3) is 11.8 Å². The van der Waals surface area contributed by atoms with Crippen LogP contribution in [0.3, 0.4) is 0 Å². The molecular formula is C16H20N2O3. The fourth-order valence-corrected chi connectivity index (χ4v) is 3.24. The van der Waals surface area contributed by atoms with E-state index < -0.39 is 0 Å². The van der Waals surface area contributed by atoms with Crippen LogP contribution >= 0.6 is 0 Å². The summed E-state index contributed by atoms with van der Waals surface area (Å²) in [5, 5.41) is 0. The van der Waals surface area contributed by atoms with Crippen LogP contribution in [0.5, 0.6) is 5.75 Å². The fraction of sp³-hybridized carbons (Fsp3) is 0.500. The molecule has 0 aliphatic carbocycles. The Morgan fingerprint density at radius 3 is 2.48 bits per heavy atom. The molecule has 1 unspecified atom stereocenters.